The van der Waals surface area contributed by atoms with E-state index < -0.39 is 5.97 Å². The van der Waals surface area contributed by atoms with E-state index in [9.17, 15) is 9.59 Å². The number of nitrogens with one attached hydrogen (secondary N) is 1. The van der Waals surface area contributed by atoms with Crippen LogP contribution in [0.25, 0.3) is 10.4 Å². The number of carbonyl (C=O) groups excluding carboxylic acids is 1. The zero-order valence-corrected chi connectivity index (χ0v) is 14.4. The lowest BCUT2D eigenvalue weighted by Gasteiger charge is -2.16. The molecule has 1 aromatic heterocycles. The molecule has 0 radical (unpaired) electrons. The minimum Gasteiger partial charge on any atom is -0.497 e. The van der Waals surface area contributed by atoms with Crippen molar-refractivity contribution in [2.45, 2.75) is 13.0 Å². The summed E-state index contributed by atoms with van der Waals surface area (Å²) in [5, 5.41) is 11.4. The first kappa shape index (κ1) is 17.8. The predicted molar refractivity (Wildman–Crippen MR) is 93.4 cm³/mol. The zero-order chi connectivity index (χ0) is 17.5. The molecule has 2 N–H and O–H groups in total. The van der Waals surface area contributed by atoms with Crippen LogP contribution in [0.3, 0.4) is 0 Å². The molecule has 128 valence electrons. The van der Waals surface area contributed by atoms with Crippen LogP contribution in [0.5, 0.6) is 5.75 Å². The Morgan fingerprint density at radius 3 is 2.54 bits per heavy atom. The van der Waals surface area contributed by atoms with Gasteiger partial charge in [0.15, 0.2) is 0 Å². The molecule has 0 bridgehead atoms. The van der Waals surface area contributed by atoms with Gasteiger partial charge in [-0.2, -0.15) is 0 Å². The molecule has 2 amide bonds. The fourth-order valence-corrected chi connectivity index (χ4v) is 3.00. The van der Waals surface area contributed by atoms with E-state index in [1.807, 2.05) is 36.4 Å². The lowest BCUT2D eigenvalue weighted by atomic mass is 10.2. The summed E-state index contributed by atoms with van der Waals surface area (Å²) in [5.41, 5.74) is 1.09. The SMILES string of the molecule is COc1ccc(-c2ccc(CNC(=O)N(C)CCC(=O)O)s2)cc1. The highest BCUT2D eigenvalue weighted by atomic mass is 32.1. The molecule has 0 fully saturated rings. The first-order valence-corrected chi connectivity index (χ1v) is 8.25. The molecular formula is C17H20N2O4S. The van der Waals surface area contributed by atoms with Crippen LogP contribution in [-0.2, 0) is 11.3 Å². The van der Waals surface area contributed by atoms with Crippen molar-refractivity contribution in [3.63, 3.8) is 0 Å². The molecule has 1 aromatic carbocycles. The number of rotatable bonds is 7. The van der Waals surface area contributed by atoms with Crippen LogP contribution in [0.15, 0.2) is 36.4 Å². The van der Waals surface area contributed by atoms with Gasteiger partial charge in [-0.1, -0.05) is 0 Å². The summed E-state index contributed by atoms with van der Waals surface area (Å²) in [6.07, 6.45) is -0.0649. The summed E-state index contributed by atoms with van der Waals surface area (Å²) < 4.78 is 5.15. The molecule has 0 aliphatic rings. The number of carbonyl (C=O) groups is 2. The summed E-state index contributed by atoms with van der Waals surface area (Å²) in [5.74, 6) is -0.107. The third-order valence-electron chi connectivity index (χ3n) is 3.46. The van der Waals surface area contributed by atoms with Crippen molar-refractivity contribution in [1.29, 1.82) is 0 Å². The van der Waals surface area contributed by atoms with E-state index in [2.05, 4.69) is 5.32 Å². The van der Waals surface area contributed by atoms with Gasteiger partial charge in [-0.15, -0.1) is 11.3 Å². The second kappa shape index (κ2) is 8.35. The maximum Gasteiger partial charge on any atom is 0.317 e. The van der Waals surface area contributed by atoms with Crippen molar-refractivity contribution in [3.05, 3.63) is 41.3 Å². The van der Waals surface area contributed by atoms with E-state index in [-0.39, 0.29) is 19.0 Å². The Morgan fingerprint density at radius 2 is 1.92 bits per heavy atom. The molecule has 0 atom stereocenters. The normalized spacial score (nSPS) is 10.2. The molecule has 0 unspecified atom stereocenters. The monoisotopic (exact) mass is 348 g/mol. The number of thiophene rings is 1. The van der Waals surface area contributed by atoms with Gasteiger partial charge in [0.05, 0.1) is 20.1 Å². The maximum atomic E-state index is 11.9. The largest absolute Gasteiger partial charge is 0.497 e. The van der Waals surface area contributed by atoms with Gasteiger partial charge >= 0.3 is 12.0 Å². The number of hydrogen-bond donors (Lipinski definition) is 2. The topological polar surface area (TPSA) is 78.9 Å². The molecule has 0 aliphatic heterocycles. The first-order chi connectivity index (χ1) is 11.5. The number of carboxylic acid groups (broad SMARTS) is 1. The van der Waals surface area contributed by atoms with Crippen LogP contribution in [0.4, 0.5) is 4.79 Å². The second-order valence-corrected chi connectivity index (χ2v) is 6.39. The third kappa shape index (κ3) is 4.99. The quantitative estimate of drug-likeness (QED) is 0.806. The molecule has 0 spiro atoms. The highest BCUT2D eigenvalue weighted by Crippen LogP contribution is 2.29. The van der Waals surface area contributed by atoms with Crippen LogP contribution < -0.4 is 10.1 Å². The molecule has 0 saturated heterocycles. The lowest BCUT2D eigenvalue weighted by Crippen LogP contribution is -2.37. The van der Waals surface area contributed by atoms with Crippen molar-refractivity contribution in [1.82, 2.24) is 10.2 Å². The summed E-state index contributed by atoms with van der Waals surface area (Å²) in [4.78, 5) is 25.9. The Morgan fingerprint density at radius 1 is 1.21 bits per heavy atom. The van der Waals surface area contributed by atoms with E-state index in [1.165, 1.54) is 4.90 Å². The molecule has 1 heterocycles. The Hall–Kier alpha value is -2.54. The van der Waals surface area contributed by atoms with Crippen LogP contribution in [0, 0.1) is 0 Å². The van der Waals surface area contributed by atoms with Gasteiger partial charge in [0.2, 0.25) is 0 Å². The number of ether oxygens (including phenoxy) is 1. The molecule has 2 rings (SSSR count). The van der Waals surface area contributed by atoms with Crippen molar-refractivity contribution >= 4 is 23.3 Å². The Labute approximate surface area is 144 Å². The number of urea groups is 1. The van der Waals surface area contributed by atoms with Gasteiger partial charge in [-0.05, 0) is 42.0 Å². The van der Waals surface area contributed by atoms with E-state index in [4.69, 9.17) is 9.84 Å². The van der Waals surface area contributed by atoms with Gasteiger partial charge in [-0.25, -0.2) is 4.79 Å². The van der Waals surface area contributed by atoms with Gasteiger partial charge in [0.1, 0.15) is 5.75 Å². The van der Waals surface area contributed by atoms with E-state index in [0.717, 1.165) is 21.1 Å². The molecule has 7 heteroatoms. The second-order valence-electron chi connectivity index (χ2n) is 5.22. The van der Waals surface area contributed by atoms with Gasteiger partial charge in [-0.3, -0.25) is 4.79 Å². The van der Waals surface area contributed by atoms with Gasteiger partial charge < -0.3 is 20.1 Å². The standard InChI is InChI=1S/C17H20N2O4S/c1-19(10-9-16(20)21)17(22)18-11-14-7-8-15(24-14)12-3-5-13(23-2)6-4-12/h3-8H,9-11H2,1-2H3,(H,18,22)(H,20,21). The van der Waals surface area contributed by atoms with Gasteiger partial charge in [0, 0.05) is 23.3 Å². The van der Waals surface area contributed by atoms with Crippen LogP contribution in [0.2, 0.25) is 0 Å². The molecular weight excluding hydrogens is 328 g/mol. The number of benzene rings is 1. The number of carboxylic acids is 1. The number of hydrogen-bond acceptors (Lipinski definition) is 4. The Bertz CT molecular complexity index is 697. The Balaban J connectivity index is 1.89. The van der Waals surface area contributed by atoms with Crippen molar-refractivity contribution in [2.24, 2.45) is 0 Å². The Kier molecular flexibility index (Phi) is 6.20. The summed E-state index contributed by atoms with van der Waals surface area (Å²) in [7, 11) is 3.21. The summed E-state index contributed by atoms with van der Waals surface area (Å²) in [6, 6.07) is 11.5. The molecule has 0 aliphatic carbocycles. The van der Waals surface area contributed by atoms with Crippen LogP contribution in [-0.4, -0.2) is 42.7 Å². The van der Waals surface area contributed by atoms with E-state index >= 15 is 0 Å². The zero-order valence-electron chi connectivity index (χ0n) is 13.6. The smallest absolute Gasteiger partial charge is 0.317 e. The lowest BCUT2D eigenvalue weighted by molar-refractivity contribution is -0.137. The maximum absolute atomic E-state index is 11.9. The molecule has 6 nitrogen and oxygen atoms in total. The minimum atomic E-state index is -0.919. The molecule has 2 aromatic rings. The fourth-order valence-electron chi connectivity index (χ4n) is 2.05. The number of amides is 2. The molecule has 0 saturated carbocycles. The third-order valence-corrected chi connectivity index (χ3v) is 4.59. The van der Waals surface area contributed by atoms with Crippen molar-refractivity contribution in [2.75, 3.05) is 20.7 Å². The highest BCUT2D eigenvalue weighted by molar-refractivity contribution is 7.15. The first-order valence-electron chi connectivity index (χ1n) is 7.43. The van der Waals surface area contributed by atoms with Crippen molar-refractivity contribution < 1.29 is 19.4 Å². The molecule has 24 heavy (non-hydrogen) atoms. The highest BCUT2D eigenvalue weighted by Gasteiger charge is 2.10. The van der Waals surface area contributed by atoms with Gasteiger partial charge in [0.25, 0.3) is 0 Å². The number of aliphatic carboxylic acids is 1. The van der Waals surface area contributed by atoms with Crippen LogP contribution >= 0.6 is 11.3 Å². The minimum absolute atomic E-state index is 0.0649. The van der Waals surface area contributed by atoms with Crippen LogP contribution in [0.1, 0.15) is 11.3 Å². The number of methoxy groups -OCH3 is 1. The van der Waals surface area contributed by atoms with E-state index in [0.29, 0.717) is 6.54 Å². The van der Waals surface area contributed by atoms with E-state index in [1.54, 1.807) is 25.5 Å². The number of nitrogens with zero attached hydrogens (tertiary/aromatic N) is 1. The average molecular weight is 348 g/mol. The predicted octanol–water partition coefficient (Wildman–Crippen LogP) is 3.04. The summed E-state index contributed by atoms with van der Waals surface area (Å²) in [6.45, 7) is 0.597. The van der Waals surface area contributed by atoms with Crippen molar-refractivity contribution in [3.8, 4) is 16.2 Å². The fraction of sp³-hybridized carbons (Fsp3) is 0.294. The summed E-state index contributed by atoms with van der Waals surface area (Å²) >= 11 is 1.60. The average Bonchev–Trinajstić information content (AvgIpc) is 3.06.